The van der Waals surface area contributed by atoms with Crippen molar-refractivity contribution in [2.75, 3.05) is 0 Å². The molecule has 10 aromatic rings. The molecule has 0 saturated heterocycles. The second kappa shape index (κ2) is 8.76. The molecule has 0 spiro atoms. The minimum Gasteiger partial charge on any atom is -0.455 e. The van der Waals surface area contributed by atoms with Crippen molar-refractivity contribution in [2.24, 2.45) is 0 Å². The summed E-state index contributed by atoms with van der Waals surface area (Å²) in [6.45, 7) is 0. The number of hydrogen-bond acceptors (Lipinski definition) is 3. The molecular weight excluding hydrogens is 538 g/mol. The van der Waals surface area contributed by atoms with Crippen LogP contribution in [0, 0.1) is 0 Å². The number of benzene rings is 7. The van der Waals surface area contributed by atoms with Crippen LogP contribution >= 0.6 is 0 Å². The minimum absolute atomic E-state index is 0.0697. The summed E-state index contributed by atoms with van der Waals surface area (Å²) in [6, 6.07) is 32.1. The van der Waals surface area contributed by atoms with Gasteiger partial charge in [-0.3, -0.25) is 4.57 Å². The Labute approximate surface area is 259 Å². The molecule has 10 rings (SSSR count). The van der Waals surface area contributed by atoms with Gasteiger partial charge in [-0.15, -0.1) is 0 Å². The van der Waals surface area contributed by atoms with Crippen molar-refractivity contribution in [3.8, 4) is 17.2 Å². The van der Waals surface area contributed by atoms with E-state index in [1.54, 1.807) is 12.1 Å². The molecule has 0 aliphatic rings. The van der Waals surface area contributed by atoms with Gasteiger partial charge < -0.3 is 4.42 Å². The fourth-order valence-electron chi connectivity index (χ4n) is 6.59. The Morgan fingerprint density at radius 2 is 1.39 bits per heavy atom. The maximum atomic E-state index is 9.30. The van der Waals surface area contributed by atoms with E-state index in [9.17, 15) is 1.37 Å². The third-order valence-corrected chi connectivity index (χ3v) is 8.56. The summed E-state index contributed by atoms with van der Waals surface area (Å²) in [5, 5.41) is 6.81. The normalized spacial score (nSPS) is 14.0. The van der Waals surface area contributed by atoms with Crippen molar-refractivity contribution in [1.82, 2.24) is 14.5 Å². The number of para-hydroxylation sites is 2. The lowest BCUT2D eigenvalue weighted by Crippen LogP contribution is -2.03. The molecular formula is C40H23N3O. The smallest absolute Gasteiger partial charge is 0.235 e. The average Bonchev–Trinajstić information content (AvgIpc) is 3.67. The summed E-state index contributed by atoms with van der Waals surface area (Å²) in [5.41, 5.74) is 3.58. The first-order valence-electron chi connectivity index (χ1n) is 17.3. The van der Waals surface area contributed by atoms with E-state index >= 15 is 0 Å². The zero-order chi connectivity index (χ0) is 34.0. The summed E-state index contributed by atoms with van der Waals surface area (Å²) >= 11 is 0. The van der Waals surface area contributed by atoms with E-state index in [0.29, 0.717) is 49.7 Å². The Bertz CT molecular complexity index is 3130. The van der Waals surface area contributed by atoms with Crippen molar-refractivity contribution >= 4 is 76.2 Å². The number of aromatic nitrogens is 3. The maximum absolute atomic E-state index is 9.30. The van der Waals surface area contributed by atoms with Gasteiger partial charge >= 0.3 is 0 Å². The molecule has 4 heteroatoms. The summed E-state index contributed by atoms with van der Waals surface area (Å²) in [5.74, 6) is 0.391. The predicted octanol–water partition coefficient (Wildman–Crippen LogP) is 10.6. The van der Waals surface area contributed by atoms with Gasteiger partial charge in [0.15, 0.2) is 0 Å². The lowest BCUT2D eigenvalue weighted by molar-refractivity contribution is 0.673. The summed E-state index contributed by atoms with van der Waals surface area (Å²) < 4.78 is 60.6. The van der Waals surface area contributed by atoms with E-state index in [1.807, 2.05) is 59.2 Å². The molecule has 0 amide bonds. The van der Waals surface area contributed by atoms with Gasteiger partial charge in [-0.05, 0) is 52.5 Å². The van der Waals surface area contributed by atoms with Crippen molar-refractivity contribution in [3.05, 3.63) is 139 Å². The summed E-state index contributed by atoms with van der Waals surface area (Å²) in [7, 11) is 0. The van der Waals surface area contributed by atoms with Crippen molar-refractivity contribution < 1.29 is 12.6 Å². The number of nitrogens with zero attached hydrogens (tertiary/aromatic N) is 3. The molecule has 0 aliphatic carbocycles. The van der Waals surface area contributed by atoms with Gasteiger partial charge in [0.1, 0.15) is 11.2 Å². The summed E-state index contributed by atoms with van der Waals surface area (Å²) in [4.78, 5) is 10.3. The highest BCUT2D eigenvalue weighted by Crippen LogP contribution is 2.41. The van der Waals surface area contributed by atoms with E-state index < -0.39 is 0 Å². The molecule has 0 unspecified atom stereocenters. The second-order valence-electron chi connectivity index (χ2n) is 11.0. The van der Waals surface area contributed by atoms with Crippen LogP contribution in [0.5, 0.6) is 0 Å². The molecule has 3 aromatic heterocycles. The molecule has 0 saturated carbocycles. The van der Waals surface area contributed by atoms with Crippen LogP contribution in [-0.4, -0.2) is 14.5 Å². The average molecular weight is 568 g/mol. The van der Waals surface area contributed by atoms with E-state index in [0.717, 1.165) is 32.6 Å². The molecule has 0 radical (unpaired) electrons. The monoisotopic (exact) mass is 567 g/mol. The molecule has 0 aliphatic heterocycles. The molecule has 0 atom stereocenters. The number of hydrogen-bond donors (Lipinski definition) is 0. The number of fused-ring (bicyclic) bond motifs is 10. The minimum atomic E-state index is -0.316. The van der Waals surface area contributed by atoms with Crippen LogP contribution in [0.1, 0.15) is 8.22 Å². The Hall–Kier alpha value is -6.00. The lowest BCUT2D eigenvalue weighted by atomic mass is 9.99. The highest BCUT2D eigenvalue weighted by atomic mass is 16.3. The third-order valence-electron chi connectivity index (χ3n) is 8.56. The SMILES string of the molecule is [2H]c1cc2ccc3c(oc4c([2H])c([2H])c([2H])c(-c5nc(-n6c7ccccc7c7cc8ccccc8cc76)nc6ccccc56)c43)c2c([2H])c1[2H]. The van der Waals surface area contributed by atoms with Crippen molar-refractivity contribution in [3.63, 3.8) is 0 Å². The lowest BCUT2D eigenvalue weighted by Gasteiger charge is -2.12. The predicted molar refractivity (Wildman–Crippen MR) is 182 cm³/mol. The van der Waals surface area contributed by atoms with Crippen LogP contribution in [0.15, 0.2) is 144 Å². The van der Waals surface area contributed by atoms with Crippen LogP contribution in [-0.2, 0) is 0 Å². The van der Waals surface area contributed by atoms with Crippen LogP contribution in [0.3, 0.4) is 0 Å². The maximum Gasteiger partial charge on any atom is 0.235 e. The zero-order valence-electron chi connectivity index (χ0n) is 29.1. The zero-order valence-corrected chi connectivity index (χ0v) is 23.1. The molecule has 0 bridgehead atoms. The third kappa shape index (κ3) is 3.22. The molecule has 7 aromatic carbocycles. The molecule has 204 valence electrons. The van der Waals surface area contributed by atoms with Gasteiger partial charge in [0.25, 0.3) is 0 Å². The van der Waals surface area contributed by atoms with Crippen LogP contribution in [0.2, 0.25) is 0 Å². The number of rotatable bonds is 2. The Kier molecular flexibility index (Phi) is 3.69. The van der Waals surface area contributed by atoms with Gasteiger partial charge in [-0.25, -0.2) is 9.97 Å². The van der Waals surface area contributed by atoms with E-state index in [4.69, 9.17) is 21.2 Å². The van der Waals surface area contributed by atoms with Crippen molar-refractivity contribution in [2.45, 2.75) is 0 Å². The van der Waals surface area contributed by atoms with Crippen molar-refractivity contribution in [1.29, 1.82) is 0 Å². The first kappa shape index (κ1) is 18.5. The van der Waals surface area contributed by atoms with E-state index in [1.165, 1.54) is 6.07 Å². The Balaban J connectivity index is 1.37. The summed E-state index contributed by atoms with van der Waals surface area (Å²) in [6.07, 6.45) is 0. The molecule has 0 N–H and O–H groups in total. The molecule has 44 heavy (non-hydrogen) atoms. The molecule has 0 fully saturated rings. The van der Waals surface area contributed by atoms with Gasteiger partial charge in [0, 0.05) is 37.9 Å². The highest BCUT2D eigenvalue weighted by molar-refractivity contribution is 6.20. The molecule has 4 nitrogen and oxygen atoms in total. The first-order valence-corrected chi connectivity index (χ1v) is 14.3. The van der Waals surface area contributed by atoms with E-state index in [2.05, 4.69) is 30.3 Å². The largest absolute Gasteiger partial charge is 0.455 e. The quantitative estimate of drug-likeness (QED) is 0.209. The first-order chi connectivity index (χ1) is 24.3. The Morgan fingerprint density at radius 3 is 2.32 bits per heavy atom. The standard InChI is InChI=1S/C40H23N3O/c1-2-12-26-23-35-32(22-25(26)11-1)28-14-6-8-18-34(28)43(35)40-41-33-17-7-5-15-29(33)38(42-40)30-16-9-19-36-37(30)31-21-20-24-10-3-4-13-27(24)39(31)44-36/h1-23H/i3D,4D,9D,13D,16D,19D. The Morgan fingerprint density at radius 1 is 0.568 bits per heavy atom. The topological polar surface area (TPSA) is 43.9 Å². The van der Waals surface area contributed by atoms with Gasteiger partial charge in [0.2, 0.25) is 5.95 Å². The van der Waals surface area contributed by atoms with Gasteiger partial charge in [-0.2, -0.15) is 0 Å². The highest BCUT2D eigenvalue weighted by Gasteiger charge is 2.21. The molecule has 3 heterocycles. The number of furan rings is 1. The van der Waals surface area contributed by atoms with Gasteiger partial charge in [0.05, 0.1) is 30.5 Å². The van der Waals surface area contributed by atoms with Crippen LogP contribution < -0.4 is 0 Å². The fraction of sp³-hybridized carbons (Fsp3) is 0. The second-order valence-corrected chi connectivity index (χ2v) is 11.0. The van der Waals surface area contributed by atoms with Crippen LogP contribution in [0.25, 0.3) is 93.4 Å². The van der Waals surface area contributed by atoms with Gasteiger partial charge in [-0.1, -0.05) is 103 Å². The van der Waals surface area contributed by atoms with E-state index in [-0.39, 0.29) is 47.4 Å². The fourth-order valence-corrected chi connectivity index (χ4v) is 6.59. The van der Waals surface area contributed by atoms with Crippen LogP contribution in [0.4, 0.5) is 0 Å².